The summed E-state index contributed by atoms with van der Waals surface area (Å²) in [5.41, 5.74) is 0.620. The van der Waals surface area contributed by atoms with E-state index in [1.165, 1.54) is 6.92 Å². The van der Waals surface area contributed by atoms with Gasteiger partial charge in [-0.1, -0.05) is 30.9 Å². The Morgan fingerprint density at radius 3 is 1.42 bits per heavy atom. The second kappa shape index (κ2) is 9.89. The number of carbonyl (C=O) groups is 1. The molecule has 0 aromatic heterocycles. The van der Waals surface area contributed by atoms with E-state index in [1.54, 1.807) is 6.92 Å². The highest BCUT2D eigenvalue weighted by molar-refractivity contribution is 5.91. The second-order valence-corrected chi connectivity index (χ2v) is 2.39. The highest BCUT2D eigenvalue weighted by Crippen LogP contribution is 1.84. The third kappa shape index (κ3) is 16.0. The molecule has 0 aromatic rings. The van der Waals surface area contributed by atoms with Crippen molar-refractivity contribution in [3.05, 3.63) is 36.5 Å². The van der Waals surface area contributed by atoms with Gasteiger partial charge >= 0.3 is 0 Å². The SMILES string of the molecule is C=C(C)C(C)=O.CC=CC=CC. The lowest BCUT2D eigenvalue weighted by Crippen LogP contribution is -1.86. The normalized spacial score (nSPS) is 9.67. The van der Waals surface area contributed by atoms with E-state index in [0.29, 0.717) is 5.57 Å². The van der Waals surface area contributed by atoms with Crippen LogP contribution in [0.15, 0.2) is 36.5 Å². The summed E-state index contributed by atoms with van der Waals surface area (Å²) < 4.78 is 0. The molecular weight excluding hydrogens is 148 g/mol. The van der Waals surface area contributed by atoms with Crippen LogP contribution in [-0.2, 0) is 4.79 Å². The van der Waals surface area contributed by atoms with Gasteiger partial charge in [0, 0.05) is 0 Å². The number of ketones is 1. The van der Waals surface area contributed by atoms with Gasteiger partial charge in [-0.25, -0.2) is 0 Å². The lowest BCUT2D eigenvalue weighted by atomic mass is 10.3. The van der Waals surface area contributed by atoms with Crippen LogP contribution in [0.3, 0.4) is 0 Å². The molecule has 0 heterocycles. The van der Waals surface area contributed by atoms with E-state index in [-0.39, 0.29) is 5.78 Å². The van der Waals surface area contributed by atoms with Gasteiger partial charge in [-0.05, 0) is 33.3 Å². The van der Waals surface area contributed by atoms with Gasteiger partial charge in [0.15, 0.2) is 5.78 Å². The predicted octanol–water partition coefficient (Wildman–Crippen LogP) is 3.29. The van der Waals surface area contributed by atoms with Gasteiger partial charge in [-0.3, -0.25) is 4.79 Å². The number of allylic oxidation sites excluding steroid dienone is 5. The molecule has 1 nitrogen and oxygen atoms in total. The first kappa shape index (κ1) is 13.5. The minimum absolute atomic E-state index is 0.0648. The Labute approximate surface area is 75.5 Å². The van der Waals surface area contributed by atoms with Crippen LogP contribution in [0.4, 0.5) is 0 Å². The van der Waals surface area contributed by atoms with Crippen molar-refractivity contribution in [3.63, 3.8) is 0 Å². The highest BCUT2D eigenvalue weighted by atomic mass is 16.1. The molecule has 0 bridgehead atoms. The Bertz CT molecular complexity index is 163. The summed E-state index contributed by atoms with van der Waals surface area (Å²) in [7, 11) is 0. The number of rotatable bonds is 2. The van der Waals surface area contributed by atoms with Crippen LogP contribution in [0.25, 0.3) is 0 Å². The monoisotopic (exact) mass is 166 g/mol. The average Bonchev–Trinajstić information content (AvgIpc) is 2.02. The van der Waals surface area contributed by atoms with Crippen LogP contribution >= 0.6 is 0 Å². The molecule has 0 saturated heterocycles. The fraction of sp³-hybridized carbons (Fsp3) is 0.364. The fourth-order valence-corrected chi connectivity index (χ4v) is 0.222. The van der Waals surface area contributed by atoms with E-state index in [4.69, 9.17) is 0 Å². The zero-order valence-electron chi connectivity index (χ0n) is 8.42. The van der Waals surface area contributed by atoms with Crippen molar-refractivity contribution in [3.8, 4) is 0 Å². The lowest BCUT2D eigenvalue weighted by Gasteiger charge is -1.80. The van der Waals surface area contributed by atoms with Crippen LogP contribution < -0.4 is 0 Å². The maximum Gasteiger partial charge on any atom is 0.154 e. The Balaban J connectivity index is 0. The van der Waals surface area contributed by atoms with Crippen molar-refractivity contribution in [2.75, 3.05) is 0 Å². The Hall–Kier alpha value is -1.11. The molecule has 0 aromatic carbocycles. The summed E-state index contributed by atoms with van der Waals surface area (Å²) in [4.78, 5) is 10.0. The number of Topliss-reactive ketones (excluding diaryl/α,β-unsaturated/α-hetero) is 1. The largest absolute Gasteiger partial charge is 0.295 e. The highest BCUT2D eigenvalue weighted by Gasteiger charge is 1.85. The predicted molar refractivity (Wildman–Crippen MR) is 55.1 cm³/mol. The van der Waals surface area contributed by atoms with E-state index < -0.39 is 0 Å². The van der Waals surface area contributed by atoms with Crippen LogP contribution in [-0.4, -0.2) is 5.78 Å². The van der Waals surface area contributed by atoms with Crippen LogP contribution in [0.1, 0.15) is 27.7 Å². The van der Waals surface area contributed by atoms with E-state index >= 15 is 0 Å². The summed E-state index contributed by atoms with van der Waals surface area (Å²) in [6, 6.07) is 0. The standard InChI is InChI=1S/C6H10.C5H8O/c1-3-5-6-4-2;1-4(2)5(3)6/h3-6H,1-2H3;1H2,2-3H3. The fourth-order valence-electron chi connectivity index (χ4n) is 0.222. The van der Waals surface area contributed by atoms with Crippen molar-refractivity contribution < 1.29 is 4.79 Å². The average molecular weight is 166 g/mol. The van der Waals surface area contributed by atoms with E-state index in [1.807, 2.05) is 38.2 Å². The molecule has 0 aliphatic heterocycles. The van der Waals surface area contributed by atoms with Gasteiger partial charge in [-0.15, -0.1) is 0 Å². The second-order valence-electron chi connectivity index (χ2n) is 2.39. The van der Waals surface area contributed by atoms with Crippen LogP contribution in [0.5, 0.6) is 0 Å². The summed E-state index contributed by atoms with van der Waals surface area (Å²) in [6.45, 7) is 10.6. The van der Waals surface area contributed by atoms with Crippen molar-refractivity contribution in [1.29, 1.82) is 0 Å². The molecule has 0 radical (unpaired) electrons. The Morgan fingerprint density at radius 1 is 1.08 bits per heavy atom. The Morgan fingerprint density at radius 2 is 1.33 bits per heavy atom. The Kier molecular flexibility index (Phi) is 11.1. The summed E-state index contributed by atoms with van der Waals surface area (Å²) >= 11 is 0. The number of hydrogen-bond donors (Lipinski definition) is 0. The first-order valence-corrected chi connectivity index (χ1v) is 3.96. The first-order chi connectivity index (χ1) is 5.56. The van der Waals surface area contributed by atoms with Crippen molar-refractivity contribution in [2.24, 2.45) is 0 Å². The van der Waals surface area contributed by atoms with Crippen LogP contribution in [0, 0.1) is 0 Å². The van der Waals surface area contributed by atoms with Gasteiger partial charge in [0.2, 0.25) is 0 Å². The van der Waals surface area contributed by atoms with Gasteiger partial charge in [0.1, 0.15) is 0 Å². The molecule has 0 spiro atoms. The molecule has 0 saturated carbocycles. The van der Waals surface area contributed by atoms with Crippen molar-refractivity contribution in [2.45, 2.75) is 27.7 Å². The zero-order valence-corrected chi connectivity index (χ0v) is 8.42. The maximum atomic E-state index is 10.0. The molecule has 0 atom stereocenters. The molecule has 0 fully saturated rings. The summed E-state index contributed by atoms with van der Waals surface area (Å²) in [5.74, 6) is 0.0648. The third-order valence-corrected chi connectivity index (χ3v) is 1.10. The minimum atomic E-state index is 0.0648. The first-order valence-electron chi connectivity index (χ1n) is 3.96. The quantitative estimate of drug-likeness (QED) is 0.454. The van der Waals surface area contributed by atoms with Gasteiger partial charge in [0.05, 0.1) is 0 Å². The number of hydrogen-bond acceptors (Lipinski definition) is 1. The number of carbonyl (C=O) groups excluding carboxylic acids is 1. The molecule has 0 aliphatic rings. The van der Waals surface area contributed by atoms with Gasteiger partial charge in [0.25, 0.3) is 0 Å². The van der Waals surface area contributed by atoms with Gasteiger partial charge < -0.3 is 0 Å². The third-order valence-electron chi connectivity index (χ3n) is 1.10. The lowest BCUT2D eigenvalue weighted by molar-refractivity contribution is -0.113. The maximum absolute atomic E-state index is 10.0. The van der Waals surface area contributed by atoms with E-state index in [9.17, 15) is 4.79 Å². The molecule has 0 amide bonds. The molecular formula is C11H18O. The topological polar surface area (TPSA) is 17.1 Å². The smallest absolute Gasteiger partial charge is 0.154 e. The minimum Gasteiger partial charge on any atom is -0.295 e. The molecule has 1 heteroatoms. The van der Waals surface area contributed by atoms with E-state index in [2.05, 4.69) is 6.58 Å². The van der Waals surface area contributed by atoms with Crippen molar-refractivity contribution in [1.82, 2.24) is 0 Å². The summed E-state index contributed by atoms with van der Waals surface area (Å²) in [5, 5.41) is 0. The molecule has 0 rings (SSSR count). The van der Waals surface area contributed by atoms with Crippen molar-refractivity contribution >= 4 is 5.78 Å². The summed E-state index contributed by atoms with van der Waals surface area (Å²) in [6.07, 6.45) is 8.00. The van der Waals surface area contributed by atoms with Crippen LogP contribution in [0.2, 0.25) is 0 Å². The zero-order chi connectivity index (χ0) is 9.98. The molecule has 0 N–H and O–H groups in total. The van der Waals surface area contributed by atoms with Gasteiger partial charge in [-0.2, -0.15) is 0 Å². The molecule has 12 heavy (non-hydrogen) atoms. The molecule has 0 aliphatic carbocycles. The van der Waals surface area contributed by atoms with E-state index in [0.717, 1.165) is 0 Å². The molecule has 0 unspecified atom stereocenters. The molecule has 68 valence electrons.